The van der Waals surface area contributed by atoms with Gasteiger partial charge in [-0.15, -0.1) is 0 Å². The maximum atomic E-state index is 12.6. The average Bonchev–Trinajstić information content (AvgIpc) is 3.06. The van der Waals surface area contributed by atoms with Crippen molar-refractivity contribution in [1.29, 1.82) is 0 Å². The summed E-state index contributed by atoms with van der Waals surface area (Å²) in [5.74, 6) is 0.156. The number of sulfonamides is 1. The van der Waals surface area contributed by atoms with Crippen LogP contribution < -0.4 is 5.32 Å². The summed E-state index contributed by atoms with van der Waals surface area (Å²) in [6.45, 7) is 5.08. The van der Waals surface area contributed by atoms with Gasteiger partial charge in [-0.05, 0) is 38.6 Å². The van der Waals surface area contributed by atoms with Gasteiger partial charge in [0.25, 0.3) is 0 Å². The second-order valence-electron chi connectivity index (χ2n) is 5.92. The quantitative estimate of drug-likeness (QED) is 0.735. The minimum atomic E-state index is -3.20. The van der Waals surface area contributed by atoms with Crippen molar-refractivity contribution in [2.75, 3.05) is 32.0 Å². The number of nitrogens with one attached hydrogen (secondary N) is 1. The summed E-state index contributed by atoms with van der Waals surface area (Å²) in [7, 11) is -3.20. The maximum absolute atomic E-state index is 12.6. The van der Waals surface area contributed by atoms with Crippen molar-refractivity contribution in [2.24, 2.45) is 0 Å². The molecule has 2 aliphatic heterocycles. The van der Waals surface area contributed by atoms with E-state index in [-0.39, 0.29) is 11.9 Å². The molecule has 2 rings (SSSR count). The molecule has 2 saturated heterocycles. The molecule has 118 valence electrons. The van der Waals surface area contributed by atoms with Gasteiger partial charge in [0.2, 0.25) is 10.0 Å². The highest BCUT2D eigenvalue weighted by molar-refractivity contribution is 7.89. The molecule has 2 heterocycles. The normalized spacial score (nSPS) is 27.5. The Morgan fingerprint density at radius 2 is 2.15 bits per heavy atom. The highest BCUT2D eigenvalue weighted by atomic mass is 32.2. The molecule has 1 N–H and O–H groups in total. The summed E-state index contributed by atoms with van der Waals surface area (Å²) in [4.78, 5) is 0. The van der Waals surface area contributed by atoms with Gasteiger partial charge in [-0.2, -0.15) is 0 Å². The van der Waals surface area contributed by atoms with Crippen LogP contribution in [0.25, 0.3) is 0 Å². The molecular formula is C14H28N2O3S. The van der Waals surface area contributed by atoms with Crippen molar-refractivity contribution in [3.63, 3.8) is 0 Å². The lowest BCUT2D eigenvalue weighted by Crippen LogP contribution is -2.44. The van der Waals surface area contributed by atoms with E-state index in [4.69, 9.17) is 4.74 Å². The third-order valence-corrected chi connectivity index (χ3v) is 6.07. The van der Waals surface area contributed by atoms with Crippen LogP contribution in [0.3, 0.4) is 0 Å². The molecule has 2 fully saturated rings. The maximum Gasteiger partial charge on any atom is 0.216 e. The van der Waals surface area contributed by atoms with Gasteiger partial charge in [-0.25, -0.2) is 12.7 Å². The second kappa shape index (κ2) is 7.73. The van der Waals surface area contributed by atoms with E-state index in [9.17, 15) is 8.42 Å². The van der Waals surface area contributed by atoms with Gasteiger partial charge in [0.15, 0.2) is 0 Å². The molecule has 0 radical (unpaired) electrons. The van der Waals surface area contributed by atoms with Crippen molar-refractivity contribution in [1.82, 2.24) is 9.62 Å². The molecule has 2 unspecified atom stereocenters. The van der Waals surface area contributed by atoms with E-state index >= 15 is 0 Å². The van der Waals surface area contributed by atoms with Crippen LogP contribution in [0.15, 0.2) is 0 Å². The van der Waals surface area contributed by atoms with Crippen molar-refractivity contribution in [3.05, 3.63) is 0 Å². The lowest BCUT2D eigenvalue weighted by molar-refractivity contribution is 0.126. The monoisotopic (exact) mass is 304 g/mol. The first-order valence-corrected chi connectivity index (χ1v) is 9.55. The zero-order valence-electron chi connectivity index (χ0n) is 12.5. The smallest absolute Gasteiger partial charge is 0.216 e. The zero-order valence-corrected chi connectivity index (χ0v) is 13.3. The summed E-state index contributed by atoms with van der Waals surface area (Å²) in [6.07, 6.45) is 5.94. The van der Waals surface area contributed by atoms with Crippen molar-refractivity contribution in [3.8, 4) is 0 Å². The molecule has 0 aliphatic carbocycles. The summed E-state index contributed by atoms with van der Waals surface area (Å²) in [5.41, 5.74) is 0. The Hall–Kier alpha value is -0.170. The third kappa shape index (κ3) is 4.69. The van der Waals surface area contributed by atoms with E-state index < -0.39 is 10.0 Å². The van der Waals surface area contributed by atoms with E-state index in [1.165, 1.54) is 0 Å². The molecule has 5 nitrogen and oxygen atoms in total. The molecule has 6 heteroatoms. The van der Waals surface area contributed by atoms with Gasteiger partial charge < -0.3 is 10.1 Å². The minimum Gasteiger partial charge on any atom is -0.377 e. The van der Waals surface area contributed by atoms with E-state index in [1.54, 1.807) is 4.31 Å². The van der Waals surface area contributed by atoms with Crippen LogP contribution >= 0.6 is 0 Å². The fraction of sp³-hybridized carbons (Fsp3) is 1.00. The van der Waals surface area contributed by atoms with Crippen LogP contribution in [-0.2, 0) is 14.8 Å². The van der Waals surface area contributed by atoms with Gasteiger partial charge in [0.1, 0.15) is 0 Å². The molecule has 0 amide bonds. The second-order valence-corrected chi connectivity index (χ2v) is 7.93. The molecule has 0 saturated carbocycles. The van der Waals surface area contributed by atoms with Crippen LogP contribution in [0.2, 0.25) is 0 Å². The van der Waals surface area contributed by atoms with Gasteiger partial charge >= 0.3 is 0 Å². The van der Waals surface area contributed by atoms with Crippen LogP contribution in [0.4, 0.5) is 0 Å². The lowest BCUT2D eigenvalue weighted by Gasteiger charge is -2.26. The SMILES string of the molecule is CCCCN(CC1CCCN1)S(=O)(=O)CC1CCCO1. The van der Waals surface area contributed by atoms with Crippen LogP contribution in [0.5, 0.6) is 0 Å². The van der Waals surface area contributed by atoms with E-state index in [0.717, 1.165) is 45.1 Å². The van der Waals surface area contributed by atoms with E-state index in [1.807, 2.05) is 0 Å². The Labute approximate surface area is 123 Å². The minimum absolute atomic E-state index is 0.0966. The predicted octanol–water partition coefficient (Wildman–Crippen LogP) is 1.35. The predicted molar refractivity (Wildman–Crippen MR) is 80.3 cm³/mol. The third-order valence-electron chi connectivity index (χ3n) is 4.16. The van der Waals surface area contributed by atoms with Crippen LogP contribution in [0.1, 0.15) is 45.4 Å². The molecule has 0 aromatic heterocycles. The Balaban J connectivity index is 1.94. The average molecular weight is 304 g/mol. The molecule has 0 spiro atoms. The molecule has 2 aliphatic rings. The summed E-state index contributed by atoms with van der Waals surface area (Å²) < 4.78 is 32.4. The fourth-order valence-corrected chi connectivity index (χ4v) is 4.71. The largest absolute Gasteiger partial charge is 0.377 e. The van der Waals surface area contributed by atoms with Crippen molar-refractivity contribution >= 4 is 10.0 Å². The molecule has 20 heavy (non-hydrogen) atoms. The van der Waals surface area contributed by atoms with E-state index in [2.05, 4.69) is 12.2 Å². The Bertz CT molecular complexity index is 374. The van der Waals surface area contributed by atoms with Gasteiger partial charge in [-0.3, -0.25) is 0 Å². The van der Waals surface area contributed by atoms with Crippen LogP contribution in [-0.4, -0.2) is 56.9 Å². The fourth-order valence-electron chi connectivity index (χ4n) is 2.95. The molecule has 0 aromatic carbocycles. The summed E-state index contributed by atoms with van der Waals surface area (Å²) >= 11 is 0. The molecular weight excluding hydrogens is 276 g/mol. The first kappa shape index (κ1) is 16.2. The Morgan fingerprint density at radius 3 is 2.75 bits per heavy atom. The van der Waals surface area contributed by atoms with Gasteiger partial charge in [0.05, 0.1) is 11.9 Å². The number of ether oxygens (including phenoxy) is 1. The number of hydrogen-bond donors (Lipinski definition) is 1. The number of unbranched alkanes of at least 4 members (excludes halogenated alkanes) is 1. The Kier molecular flexibility index (Phi) is 6.26. The van der Waals surface area contributed by atoms with Gasteiger partial charge in [0, 0.05) is 25.7 Å². The standard InChI is InChI=1S/C14H28N2O3S/c1-2-3-9-16(11-13-6-4-8-15-13)20(17,18)12-14-7-5-10-19-14/h13-15H,2-12H2,1H3. The highest BCUT2D eigenvalue weighted by Gasteiger charge is 2.30. The first-order valence-electron chi connectivity index (χ1n) is 7.94. The number of rotatable bonds is 8. The Morgan fingerprint density at radius 1 is 1.30 bits per heavy atom. The van der Waals surface area contributed by atoms with E-state index in [0.29, 0.717) is 25.7 Å². The van der Waals surface area contributed by atoms with Crippen molar-refractivity contribution < 1.29 is 13.2 Å². The number of nitrogens with zero attached hydrogens (tertiary/aromatic N) is 1. The van der Waals surface area contributed by atoms with Gasteiger partial charge in [-0.1, -0.05) is 13.3 Å². The van der Waals surface area contributed by atoms with Crippen molar-refractivity contribution in [2.45, 2.75) is 57.6 Å². The first-order chi connectivity index (χ1) is 9.62. The summed E-state index contributed by atoms with van der Waals surface area (Å²) in [5, 5.41) is 3.39. The molecule has 2 atom stereocenters. The topological polar surface area (TPSA) is 58.6 Å². The van der Waals surface area contributed by atoms with Crippen LogP contribution in [0, 0.1) is 0 Å². The zero-order chi connectivity index (χ0) is 14.4. The number of hydrogen-bond acceptors (Lipinski definition) is 4. The highest BCUT2D eigenvalue weighted by Crippen LogP contribution is 2.18. The summed E-state index contributed by atoms with van der Waals surface area (Å²) in [6, 6.07) is 0.325. The lowest BCUT2D eigenvalue weighted by atomic mass is 10.2. The molecule has 0 bridgehead atoms. The molecule has 0 aromatic rings.